The van der Waals surface area contributed by atoms with Crippen LogP contribution < -0.4 is 14.4 Å². The number of nitrogens with zero attached hydrogens (tertiary/aromatic N) is 6. The highest BCUT2D eigenvalue weighted by Crippen LogP contribution is 2.36. The van der Waals surface area contributed by atoms with Crippen molar-refractivity contribution in [1.29, 1.82) is 0 Å². The molecule has 0 spiro atoms. The number of amides is 2. The van der Waals surface area contributed by atoms with Gasteiger partial charge in [-0.1, -0.05) is 28.6 Å². The molecule has 154 valence electrons. The molecule has 31 heavy (non-hydrogen) atoms. The Balaban J connectivity index is 1.22. The van der Waals surface area contributed by atoms with Gasteiger partial charge in [0.05, 0.1) is 5.69 Å². The molecule has 3 aliphatic heterocycles. The van der Waals surface area contributed by atoms with Crippen molar-refractivity contribution in [3.8, 4) is 22.9 Å². The van der Waals surface area contributed by atoms with Crippen molar-refractivity contribution in [1.82, 2.24) is 15.1 Å². The molecule has 4 heterocycles. The Bertz CT molecular complexity index is 1230. The first-order chi connectivity index (χ1) is 15.2. The van der Waals surface area contributed by atoms with Gasteiger partial charge in [0.1, 0.15) is 6.54 Å². The Kier molecular flexibility index (Phi) is 3.75. The second kappa shape index (κ2) is 6.62. The Hall–Kier alpha value is -4.28. The molecule has 2 amide bonds. The molecule has 0 N–H and O–H groups in total. The van der Waals surface area contributed by atoms with Crippen molar-refractivity contribution in [2.24, 2.45) is 10.3 Å². The average Bonchev–Trinajstić information content (AvgIpc) is 3.56. The maximum atomic E-state index is 13.0. The standard InChI is InChI=1S/C20H14N6O5/c27-19-16-17(20(28)26(19)12-4-2-1-3-5-12)25(24-22-16)9-15-21-18(23-31-15)11-6-7-13-14(8-11)30-10-29-13/h1-8,16-17H,9-10H2/t16-,17-/m1/s1. The Labute approximate surface area is 174 Å². The number of hydrogen-bond donors (Lipinski definition) is 0. The van der Waals surface area contributed by atoms with E-state index in [-0.39, 0.29) is 25.1 Å². The molecule has 0 radical (unpaired) electrons. The van der Waals surface area contributed by atoms with Gasteiger partial charge in [0.25, 0.3) is 11.8 Å². The first kappa shape index (κ1) is 17.6. The van der Waals surface area contributed by atoms with Gasteiger partial charge in [-0.15, -0.1) is 0 Å². The highest BCUT2D eigenvalue weighted by atomic mass is 16.7. The van der Waals surface area contributed by atoms with Gasteiger partial charge in [0.15, 0.2) is 23.6 Å². The van der Waals surface area contributed by atoms with Crippen LogP contribution in [0, 0.1) is 0 Å². The third-order valence-electron chi connectivity index (χ3n) is 5.27. The second-order valence-electron chi connectivity index (χ2n) is 7.12. The molecule has 0 aliphatic carbocycles. The fourth-order valence-electron chi connectivity index (χ4n) is 3.80. The van der Waals surface area contributed by atoms with Crippen LogP contribution in [0.15, 0.2) is 63.4 Å². The Morgan fingerprint density at radius 1 is 1.00 bits per heavy atom. The summed E-state index contributed by atoms with van der Waals surface area (Å²) in [4.78, 5) is 31.2. The maximum Gasteiger partial charge on any atom is 0.263 e. The molecule has 11 nitrogen and oxygen atoms in total. The third kappa shape index (κ3) is 2.74. The quantitative estimate of drug-likeness (QED) is 0.589. The van der Waals surface area contributed by atoms with Gasteiger partial charge in [-0.3, -0.25) is 14.6 Å². The lowest BCUT2D eigenvalue weighted by atomic mass is 10.1. The number of imide groups is 1. The predicted molar refractivity (Wildman–Crippen MR) is 103 cm³/mol. The van der Waals surface area contributed by atoms with Crippen molar-refractivity contribution in [2.75, 3.05) is 11.7 Å². The van der Waals surface area contributed by atoms with Crippen LogP contribution in [0.3, 0.4) is 0 Å². The van der Waals surface area contributed by atoms with Crippen molar-refractivity contribution in [3.63, 3.8) is 0 Å². The lowest BCUT2D eigenvalue weighted by Crippen LogP contribution is -2.39. The van der Waals surface area contributed by atoms with Gasteiger partial charge in [-0.25, -0.2) is 4.90 Å². The van der Waals surface area contributed by atoms with Crippen molar-refractivity contribution < 1.29 is 23.6 Å². The van der Waals surface area contributed by atoms with Crippen molar-refractivity contribution >= 4 is 17.5 Å². The molecule has 0 bridgehead atoms. The Morgan fingerprint density at radius 3 is 2.71 bits per heavy atom. The topological polar surface area (TPSA) is 123 Å². The fraction of sp³-hybridized carbons (Fsp3) is 0.200. The molecular formula is C20H14N6O5. The van der Waals surface area contributed by atoms with E-state index in [0.29, 0.717) is 28.6 Å². The number of anilines is 1. The summed E-state index contributed by atoms with van der Waals surface area (Å²) in [5, 5.41) is 13.4. The van der Waals surface area contributed by atoms with Gasteiger partial charge in [0, 0.05) is 5.56 Å². The first-order valence-corrected chi connectivity index (χ1v) is 9.52. The molecule has 1 fully saturated rings. The summed E-state index contributed by atoms with van der Waals surface area (Å²) in [6.45, 7) is 0.218. The summed E-state index contributed by atoms with van der Waals surface area (Å²) in [6.07, 6.45) is 0. The van der Waals surface area contributed by atoms with E-state index in [1.165, 1.54) is 5.01 Å². The van der Waals surface area contributed by atoms with E-state index in [1.54, 1.807) is 42.5 Å². The minimum absolute atomic E-state index is 0.0455. The van der Waals surface area contributed by atoms with E-state index in [0.717, 1.165) is 4.90 Å². The fourth-order valence-corrected chi connectivity index (χ4v) is 3.80. The number of para-hydroxylation sites is 1. The van der Waals surface area contributed by atoms with Crippen LogP contribution in [-0.2, 0) is 16.1 Å². The van der Waals surface area contributed by atoms with Gasteiger partial charge >= 0.3 is 0 Å². The molecule has 6 rings (SSSR count). The van der Waals surface area contributed by atoms with E-state index in [2.05, 4.69) is 20.5 Å². The van der Waals surface area contributed by atoms with Crippen LogP contribution in [0.4, 0.5) is 5.69 Å². The molecular weight excluding hydrogens is 404 g/mol. The van der Waals surface area contributed by atoms with Crippen molar-refractivity contribution in [2.45, 2.75) is 18.6 Å². The van der Waals surface area contributed by atoms with E-state index in [4.69, 9.17) is 14.0 Å². The minimum Gasteiger partial charge on any atom is -0.454 e. The largest absolute Gasteiger partial charge is 0.454 e. The van der Waals surface area contributed by atoms with E-state index >= 15 is 0 Å². The number of rotatable bonds is 4. The summed E-state index contributed by atoms with van der Waals surface area (Å²) in [7, 11) is 0. The van der Waals surface area contributed by atoms with Crippen molar-refractivity contribution in [3.05, 3.63) is 54.4 Å². The van der Waals surface area contributed by atoms with Crippen LogP contribution in [0.5, 0.6) is 11.5 Å². The minimum atomic E-state index is -0.885. The molecule has 11 heteroatoms. The van der Waals surface area contributed by atoms with E-state index in [9.17, 15) is 9.59 Å². The zero-order valence-corrected chi connectivity index (χ0v) is 15.9. The summed E-state index contributed by atoms with van der Waals surface area (Å²) >= 11 is 0. The number of aromatic nitrogens is 2. The van der Waals surface area contributed by atoms with Gasteiger partial charge < -0.3 is 14.0 Å². The predicted octanol–water partition coefficient (Wildman–Crippen LogP) is 1.96. The van der Waals surface area contributed by atoms with Gasteiger partial charge in [-0.05, 0) is 30.3 Å². The molecule has 3 aliphatic rings. The lowest BCUT2D eigenvalue weighted by molar-refractivity contribution is -0.123. The summed E-state index contributed by atoms with van der Waals surface area (Å²) in [5.74, 6) is 1.08. The highest BCUT2D eigenvalue weighted by molar-refractivity contribution is 6.25. The van der Waals surface area contributed by atoms with E-state index < -0.39 is 18.0 Å². The number of hydrogen-bond acceptors (Lipinski definition) is 10. The molecule has 3 aromatic rings. The molecule has 2 atom stereocenters. The molecule has 0 unspecified atom stereocenters. The number of carbonyl (C=O) groups excluding carboxylic acids is 2. The van der Waals surface area contributed by atoms with Crippen LogP contribution in [0.1, 0.15) is 5.89 Å². The monoisotopic (exact) mass is 418 g/mol. The summed E-state index contributed by atoms with van der Waals surface area (Å²) < 4.78 is 16.0. The zero-order valence-electron chi connectivity index (χ0n) is 15.9. The first-order valence-electron chi connectivity index (χ1n) is 9.52. The van der Waals surface area contributed by atoms with E-state index in [1.807, 2.05) is 6.07 Å². The lowest BCUT2D eigenvalue weighted by Gasteiger charge is -2.19. The van der Waals surface area contributed by atoms with Crippen LogP contribution in [0.25, 0.3) is 11.4 Å². The Morgan fingerprint density at radius 2 is 1.84 bits per heavy atom. The molecule has 2 aromatic carbocycles. The van der Waals surface area contributed by atoms with Crippen LogP contribution in [0.2, 0.25) is 0 Å². The average molecular weight is 418 g/mol. The number of ether oxygens (including phenoxy) is 2. The molecule has 1 saturated heterocycles. The third-order valence-corrected chi connectivity index (χ3v) is 5.27. The maximum absolute atomic E-state index is 13.0. The normalized spacial score (nSPS) is 21.3. The number of carbonyl (C=O) groups is 2. The summed E-state index contributed by atoms with van der Waals surface area (Å²) in [5.41, 5.74) is 1.20. The number of fused-ring (bicyclic) bond motifs is 2. The summed E-state index contributed by atoms with van der Waals surface area (Å²) in [6, 6.07) is 12.4. The second-order valence-corrected chi connectivity index (χ2v) is 7.12. The van der Waals surface area contributed by atoms with Crippen LogP contribution >= 0.6 is 0 Å². The van der Waals surface area contributed by atoms with Gasteiger partial charge in [-0.2, -0.15) is 10.1 Å². The molecule has 1 aromatic heterocycles. The van der Waals surface area contributed by atoms with Crippen LogP contribution in [-0.4, -0.2) is 45.8 Å². The SMILES string of the molecule is O=C1[C@@H]2N=NN(Cc3nc(-c4ccc5c(c4)OCO5)no3)[C@H]2C(=O)N1c1ccccc1. The number of benzene rings is 2. The highest BCUT2D eigenvalue weighted by Gasteiger charge is 2.55. The zero-order chi connectivity index (χ0) is 20.9. The van der Waals surface area contributed by atoms with Gasteiger partial charge in [0.2, 0.25) is 18.5 Å². The molecule has 0 saturated carbocycles. The smallest absolute Gasteiger partial charge is 0.263 e.